The topological polar surface area (TPSA) is 44.7 Å². The first-order chi connectivity index (χ1) is 10.2. The minimum atomic E-state index is -0.418. The summed E-state index contributed by atoms with van der Waals surface area (Å²) >= 11 is 0. The fourth-order valence-corrected chi connectivity index (χ4v) is 2.47. The van der Waals surface area contributed by atoms with Gasteiger partial charge in [0, 0.05) is 19.7 Å². The van der Waals surface area contributed by atoms with Crippen molar-refractivity contribution in [1.82, 2.24) is 10.2 Å². The molecule has 0 aliphatic heterocycles. The molecule has 1 rings (SSSR count). The van der Waals surface area contributed by atoms with Gasteiger partial charge in [-0.15, -0.1) is 0 Å². The summed E-state index contributed by atoms with van der Waals surface area (Å²) in [6.45, 7) is 8.17. The highest BCUT2D eigenvalue weighted by Crippen LogP contribution is 2.22. The molecule has 4 heteroatoms. The van der Waals surface area contributed by atoms with E-state index in [0.717, 1.165) is 44.8 Å². The Hall–Kier alpha value is -0.940. The minimum Gasteiger partial charge on any atom is -0.394 e. The van der Waals surface area contributed by atoms with E-state index in [2.05, 4.69) is 36.3 Å². The summed E-state index contributed by atoms with van der Waals surface area (Å²) < 4.78 is 5.41. The average Bonchev–Trinajstić information content (AvgIpc) is 2.52. The molecule has 0 heterocycles. The molecule has 21 heavy (non-hydrogen) atoms. The smallest absolute Gasteiger partial charge is 0.0797 e. The zero-order valence-electron chi connectivity index (χ0n) is 13.6. The maximum absolute atomic E-state index is 10.1. The highest BCUT2D eigenvalue weighted by atomic mass is 16.5. The number of rotatable bonds is 11. The van der Waals surface area contributed by atoms with Crippen LogP contribution in [0.15, 0.2) is 30.3 Å². The van der Waals surface area contributed by atoms with Gasteiger partial charge < -0.3 is 20.1 Å². The van der Waals surface area contributed by atoms with Gasteiger partial charge in [-0.05, 0) is 32.5 Å². The van der Waals surface area contributed by atoms with Crippen molar-refractivity contribution in [1.29, 1.82) is 0 Å². The van der Waals surface area contributed by atoms with Gasteiger partial charge in [0.2, 0.25) is 0 Å². The number of hydrogen-bond acceptors (Lipinski definition) is 4. The normalized spacial score (nSPS) is 14.3. The van der Waals surface area contributed by atoms with Crippen LogP contribution in [0.2, 0.25) is 0 Å². The summed E-state index contributed by atoms with van der Waals surface area (Å²) in [7, 11) is 2.07. The van der Waals surface area contributed by atoms with Gasteiger partial charge in [-0.2, -0.15) is 0 Å². The number of nitrogens with one attached hydrogen (secondary N) is 1. The minimum absolute atomic E-state index is 0.0794. The first kappa shape index (κ1) is 18.1. The molecule has 1 unspecified atom stereocenters. The van der Waals surface area contributed by atoms with E-state index in [9.17, 15) is 5.11 Å². The number of benzene rings is 1. The van der Waals surface area contributed by atoms with Crippen LogP contribution in [0.4, 0.5) is 0 Å². The van der Waals surface area contributed by atoms with Crippen LogP contribution in [0.5, 0.6) is 0 Å². The lowest BCUT2D eigenvalue weighted by molar-refractivity contribution is 0.0859. The molecule has 0 spiro atoms. The number of nitrogens with zero attached hydrogens (tertiary/aromatic N) is 1. The van der Waals surface area contributed by atoms with Crippen molar-refractivity contribution >= 4 is 0 Å². The van der Waals surface area contributed by atoms with Crippen LogP contribution in [0.1, 0.15) is 25.8 Å². The van der Waals surface area contributed by atoms with Crippen LogP contribution in [0, 0.1) is 0 Å². The van der Waals surface area contributed by atoms with Crippen LogP contribution in [-0.4, -0.2) is 56.5 Å². The van der Waals surface area contributed by atoms with Crippen molar-refractivity contribution in [2.24, 2.45) is 0 Å². The van der Waals surface area contributed by atoms with Gasteiger partial charge in [0.25, 0.3) is 0 Å². The fourth-order valence-electron chi connectivity index (χ4n) is 2.47. The fraction of sp³-hybridized carbons (Fsp3) is 0.647. The van der Waals surface area contributed by atoms with Crippen LogP contribution in [0.3, 0.4) is 0 Å². The largest absolute Gasteiger partial charge is 0.394 e. The molecule has 2 N–H and O–H groups in total. The van der Waals surface area contributed by atoms with Crippen LogP contribution < -0.4 is 5.32 Å². The van der Waals surface area contributed by atoms with Crippen molar-refractivity contribution in [2.75, 3.05) is 46.5 Å². The van der Waals surface area contributed by atoms with Gasteiger partial charge >= 0.3 is 0 Å². The molecule has 0 aliphatic carbocycles. The lowest BCUT2D eigenvalue weighted by Gasteiger charge is -2.37. The van der Waals surface area contributed by atoms with Gasteiger partial charge in [-0.25, -0.2) is 0 Å². The number of aliphatic hydroxyl groups is 1. The second-order valence-corrected chi connectivity index (χ2v) is 5.47. The summed E-state index contributed by atoms with van der Waals surface area (Å²) in [5.41, 5.74) is 0.710. The number of aliphatic hydroxyl groups excluding tert-OH is 1. The highest BCUT2D eigenvalue weighted by Gasteiger charge is 2.31. The van der Waals surface area contributed by atoms with E-state index >= 15 is 0 Å². The molecule has 0 saturated carbocycles. The van der Waals surface area contributed by atoms with E-state index in [1.807, 2.05) is 25.1 Å². The van der Waals surface area contributed by atoms with E-state index in [1.54, 1.807) is 0 Å². The quantitative estimate of drug-likeness (QED) is 0.611. The maximum Gasteiger partial charge on any atom is 0.0797 e. The summed E-state index contributed by atoms with van der Waals surface area (Å²) in [6, 6.07) is 10.2. The predicted molar refractivity (Wildman–Crippen MR) is 87.5 cm³/mol. The van der Waals surface area contributed by atoms with Gasteiger partial charge in [0.15, 0.2) is 0 Å². The van der Waals surface area contributed by atoms with Crippen molar-refractivity contribution in [3.63, 3.8) is 0 Å². The molecule has 0 aromatic heterocycles. The molecule has 0 saturated heterocycles. The molecule has 120 valence electrons. The Kier molecular flexibility index (Phi) is 8.54. The molecule has 0 radical (unpaired) electrons. The molecule has 4 nitrogen and oxygen atoms in total. The average molecular weight is 294 g/mol. The molecule has 0 fully saturated rings. The van der Waals surface area contributed by atoms with Crippen molar-refractivity contribution in [3.8, 4) is 0 Å². The lowest BCUT2D eigenvalue weighted by atomic mass is 9.89. The molecule has 0 amide bonds. The molecular formula is C17H30N2O2. The van der Waals surface area contributed by atoms with E-state index in [-0.39, 0.29) is 6.61 Å². The molecule has 1 aromatic rings. The molecule has 1 aromatic carbocycles. The zero-order chi connectivity index (χ0) is 15.6. The van der Waals surface area contributed by atoms with E-state index in [4.69, 9.17) is 4.74 Å². The molecular weight excluding hydrogens is 264 g/mol. The van der Waals surface area contributed by atoms with E-state index in [1.165, 1.54) is 0 Å². The summed E-state index contributed by atoms with van der Waals surface area (Å²) in [5, 5.41) is 13.6. The molecule has 0 bridgehead atoms. The van der Waals surface area contributed by atoms with Crippen molar-refractivity contribution < 1.29 is 9.84 Å². The second-order valence-electron chi connectivity index (χ2n) is 5.47. The van der Waals surface area contributed by atoms with Crippen LogP contribution >= 0.6 is 0 Å². The van der Waals surface area contributed by atoms with E-state index < -0.39 is 5.54 Å². The summed E-state index contributed by atoms with van der Waals surface area (Å²) in [6.07, 6.45) is 1.04. The summed E-state index contributed by atoms with van der Waals surface area (Å²) in [4.78, 5) is 2.21. The number of likely N-dealkylation sites (N-methyl/N-ethyl adjacent to an activating group) is 1. The lowest BCUT2D eigenvalue weighted by Crippen LogP contribution is -2.53. The Labute approximate surface area is 129 Å². The number of hydrogen-bond donors (Lipinski definition) is 2. The second kappa shape index (κ2) is 9.90. The standard InChI is InChI=1S/C17H30N2O2/c1-4-11-18-17(15-20,16-9-7-6-8-10-16)14-19(3)12-13-21-5-2/h6-10,18,20H,4-5,11-15H2,1-3H3. The molecule has 0 aliphatic rings. The van der Waals surface area contributed by atoms with E-state index in [0.29, 0.717) is 0 Å². The first-order valence-electron chi connectivity index (χ1n) is 7.86. The Morgan fingerprint density at radius 1 is 1.24 bits per heavy atom. The van der Waals surface area contributed by atoms with Crippen molar-refractivity contribution in [2.45, 2.75) is 25.8 Å². The molecule has 1 atom stereocenters. The third-order valence-corrected chi connectivity index (χ3v) is 3.67. The SMILES string of the molecule is CCCNC(CO)(CN(C)CCOCC)c1ccccc1. The third kappa shape index (κ3) is 5.75. The van der Waals surface area contributed by atoms with Gasteiger partial charge in [0.05, 0.1) is 18.8 Å². The first-order valence-corrected chi connectivity index (χ1v) is 7.86. The van der Waals surface area contributed by atoms with Crippen LogP contribution in [0.25, 0.3) is 0 Å². The third-order valence-electron chi connectivity index (χ3n) is 3.67. The highest BCUT2D eigenvalue weighted by molar-refractivity contribution is 5.25. The summed E-state index contributed by atoms with van der Waals surface area (Å²) in [5.74, 6) is 0. The Bertz CT molecular complexity index is 372. The Balaban J connectivity index is 2.80. The predicted octanol–water partition coefficient (Wildman–Crippen LogP) is 1.84. The van der Waals surface area contributed by atoms with Gasteiger partial charge in [-0.3, -0.25) is 0 Å². The van der Waals surface area contributed by atoms with Crippen LogP contribution in [-0.2, 0) is 10.3 Å². The van der Waals surface area contributed by atoms with Crippen molar-refractivity contribution in [3.05, 3.63) is 35.9 Å². The number of ether oxygens (including phenoxy) is 1. The van der Waals surface area contributed by atoms with Gasteiger partial charge in [0.1, 0.15) is 0 Å². The Morgan fingerprint density at radius 2 is 1.95 bits per heavy atom. The monoisotopic (exact) mass is 294 g/mol. The Morgan fingerprint density at radius 3 is 2.52 bits per heavy atom. The zero-order valence-corrected chi connectivity index (χ0v) is 13.6. The maximum atomic E-state index is 10.1. The van der Waals surface area contributed by atoms with Gasteiger partial charge in [-0.1, -0.05) is 37.3 Å².